The maximum atomic E-state index is 11.2. The number of para-hydroxylation sites is 1. The number of benzene rings is 2. The Balaban J connectivity index is 2.29. The third-order valence-corrected chi connectivity index (χ3v) is 3.36. The summed E-state index contributed by atoms with van der Waals surface area (Å²) in [5.74, 6) is 0.619. The minimum absolute atomic E-state index is 0.529. The quantitative estimate of drug-likeness (QED) is 0.622. The smallest absolute Gasteiger partial charge is 0.150 e. The van der Waals surface area contributed by atoms with Crippen LogP contribution in [0.15, 0.2) is 46.9 Å². The molecule has 0 unspecified atom stereocenters. The van der Waals surface area contributed by atoms with E-state index in [2.05, 4.69) is 0 Å². The van der Waals surface area contributed by atoms with E-state index in [4.69, 9.17) is 16.0 Å². The third kappa shape index (κ3) is 2.04. The lowest BCUT2D eigenvalue weighted by Gasteiger charge is -2.05. The van der Waals surface area contributed by atoms with Gasteiger partial charge in [0.2, 0.25) is 0 Å². The van der Waals surface area contributed by atoms with Crippen molar-refractivity contribution in [2.75, 3.05) is 0 Å². The number of halogens is 1. The summed E-state index contributed by atoms with van der Waals surface area (Å²) in [5, 5.41) is 1.52. The first-order chi connectivity index (χ1) is 9.19. The Morgan fingerprint density at radius 2 is 1.95 bits per heavy atom. The van der Waals surface area contributed by atoms with E-state index in [1.165, 1.54) is 0 Å². The molecule has 0 amide bonds. The van der Waals surface area contributed by atoms with Crippen molar-refractivity contribution >= 4 is 28.9 Å². The first kappa shape index (κ1) is 12.0. The van der Waals surface area contributed by atoms with Crippen molar-refractivity contribution in [3.63, 3.8) is 0 Å². The van der Waals surface area contributed by atoms with E-state index < -0.39 is 0 Å². The van der Waals surface area contributed by atoms with Gasteiger partial charge in [0.25, 0.3) is 0 Å². The minimum atomic E-state index is 0.529. The molecule has 3 heteroatoms. The number of rotatable bonds is 2. The fourth-order valence-corrected chi connectivity index (χ4v) is 2.60. The average Bonchev–Trinajstić information content (AvgIpc) is 2.80. The van der Waals surface area contributed by atoms with Gasteiger partial charge in [0.05, 0.1) is 5.02 Å². The largest absolute Gasteiger partial charge is 0.456 e. The zero-order chi connectivity index (χ0) is 13.4. The van der Waals surface area contributed by atoms with Crippen LogP contribution in [-0.4, -0.2) is 6.29 Å². The van der Waals surface area contributed by atoms with Gasteiger partial charge in [-0.2, -0.15) is 0 Å². The van der Waals surface area contributed by atoms with Crippen LogP contribution in [-0.2, 0) is 0 Å². The standard InChI is InChI=1S/C16H11ClO2/c1-10-6-12(9-18)16(13(17)7-10)15-8-11-4-2-3-5-14(11)19-15/h2-9H,1H3. The van der Waals surface area contributed by atoms with E-state index in [0.29, 0.717) is 21.9 Å². The van der Waals surface area contributed by atoms with Gasteiger partial charge in [0.15, 0.2) is 6.29 Å². The zero-order valence-corrected chi connectivity index (χ0v) is 11.1. The molecule has 0 atom stereocenters. The molecule has 0 spiro atoms. The van der Waals surface area contributed by atoms with Crippen LogP contribution in [0.25, 0.3) is 22.3 Å². The SMILES string of the molecule is Cc1cc(Cl)c(-c2cc3ccccc3o2)c(C=O)c1. The molecule has 2 aromatic carbocycles. The van der Waals surface area contributed by atoms with Gasteiger partial charge in [-0.15, -0.1) is 0 Å². The molecule has 1 heterocycles. The lowest BCUT2D eigenvalue weighted by atomic mass is 10.0. The Morgan fingerprint density at radius 1 is 1.16 bits per heavy atom. The Bertz CT molecular complexity index is 739. The number of carbonyl (C=O) groups is 1. The van der Waals surface area contributed by atoms with Crippen LogP contribution in [0, 0.1) is 6.92 Å². The van der Waals surface area contributed by atoms with E-state index in [-0.39, 0.29) is 0 Å². The van der Waals surface area contributed by atoms with Crippen molar-refractivity contribution in [3.05, 3.63) is 58.6 Å². The van der Waals surface area contributed by atoms with E-state index in [9.17, 15) is 4.79 Å². The second-order valence-corrected chi connectivity index (χ2v) is 4.88. The van der Waals surface area contributed by atoms with Crippen LogP contribution in [0.5, 0.6) is 0 Å². The number of aryl methyl sites for hydroxylation is 1. The summed E-state index contributed by atoms with van der Waals surface area (Å²) in [6.45, 7) is 1.90. The summed E-state index contributed by atoms with van der Waals surface area (Å²) < 4.78 is 5.77. The summed E-state index contributed by atoms with van der Waals surface area (Å²) >= 11 is 6.26. The van der Waals surface area contributed by atoms with E-state index in [1.807, 2.05) is 43.3 Å². The second-order valence-electron chi connectivity index (χ2n) is 4.48. The Morgan fingerprint density at radius 3 is 2.68 bits per heavy atom. The molecule has 0 bridgehead atoms. The number of hydrogen-bond donors (Lipinski definition) is 0. The van der Waals surface area contributed by atoms with Crippen molar-refractivity contribution in [2.45, 2.75) is 6.92 Å². The van der Waals surface area contributed by atoms with Crippen LogP contribution in [0.4, 0.5) is 0 Å². The van der Waals surface area contributed by atoms with Gasteiger partial charge < -0.3 is 4.42 Å². The summed E-state index contributed by atoms with van der Waals surface area (Å²) in [4.78, 5) is 11.2. The number of aldehydes is 1. The van der Waals surface area contributed by atoms with Crippen LogP contribution in [0.2, 0.25) is 5.02 Å². The number of fused-ring (bicyclic) bond motifs is 1. The molecule has 3 aromatic rings. The van der Waals surface area contributed by atoms with Gasteiger partial charge in [-0.25, -0.2) is 0 Å². The molecular weight excluding hydrogens is 260 g/mol. The maximum absolute atomic E-state index is 11.2. The summed E-state index contributed by atoms with van der Waals surface area (Å²) in [7, 11) is 0. The molecule has 0 saturated carbocycles. The average molecular weight is 271 g/mol. The highest BCUT2D eigenvalue weighted by molar-refractivity contribution is 6.34. The van der Waals surface area contributed by atoms with E-state index >= 15 is 0 Å². The summed E-state index contributed by atoms with van der Waals surface area (Å²) in [6, 6.07) is 13.2. The van der Waals surface area contributed by atoms with Crippen molar-refractivity contribution in [3.8, 4) is 11.3 Å². The summed E-state index contributed by atoms with van der Waals surface area (Å²) in [5.41, 5.74) is 2.93. The van der Waals surface area contributed by atoms with Crippen LogP contribution in [0.1, 0.15) is 15.9 Å². The van der Waals surface area contributed by atoms with Crippen LogP contribution >= 0.6 is 11.6 Å². The number of furan rings is 1. The van der Waals surface area contributed by atoms with Gasteiger partial charge in [-0.1, -0.05) is 29.8 Å². The maximum Gasteiger partial charge on any atom is 0.150 e. The Labute approximate surface area is 115 Å². The first-order valence-corrected chi connectivity index (χ1v) is 6.31. The van der Waals surface area contributed by atoms with Crippen LogP contribution < -0.4 is 0 Å². The van der Waals surface area contributed by atoms with Gasteiger partial charge in [-0.05, 0) is 36.8 Å². The molecule has 0 radical (unpaired) electrons. The van der Waals surface area contributed by atoms with E-state index in [0.717, 1.165) is 22.8 Å². The van der Waals surface area contributed by atoms with Crippen molar-refractivity contribution in [2.24, 2.45) is 0 Å². The Kier molecular flexibility index (Phi) is 2.88. The predicted molar refractivity (Wildman–Crippen MR) is 76.8 cm³/mol. The molecule has 3 rings (SSSR count). The van der Waals surface area contributed by atoms with E-state index in [1.54, 1.807) is 6.07 Å². The predicted octanol–water partition coefficient (Wildman–Crippen LogP) is 4.87. The molecule has 0 saturated heterocycles. The second kappa shape index (κ2) is 4.56. The fraction of sp³-hybridized carbons (Fsp3) is 0.0625. The monoisotopic (exact) mass is 270 g/mol. The highest BCUT2D eigenvalue weighted by Crippen LogP contribution is 2.35. The highest BCUT2D eigenvalue weighted by Gasteiger charge is 2.14. The molecule has 94 valence electrons. The molecule has 0 fully saturated rings. The van der Waals surface area contributed by atoms with Gasteiger partial charge in [-0.3, -0.25) is 4.79 Å². The van der Waals surface area contributed by atoms with Gasteiger partial charge >= 0.3 is 0 Å². The lowest BCUT2D eigenvalue weighted by Crippen LogP contribution is -1.89. The van der Waals surface area contributed by atoms with Gasteiger partial charge in [0, 0.05) is 16.5 Å². The first-order valence-electron chi connectivity index (χ1n) is 5.93. The van der Waals surface area contributed by atoms with Crippen molar-refractivity contribution in [1.29, 1.82) is 0 Å². The molecule has 0 aliphatic rings. The fourth-order valence-electron chi connectivity index (χ4n) is 2.23. The molecule has 0 N–H and O–H groups in total. The molecule has 1 aromatic heterocycles. The molecule has 19 heavy (non-hydrogen) atoms. The molecular formula is C16H11ClO2. The minimum Gasteiger partial charge on any atom is -0.456 e. The molecule has 0 aliphatic heterocycles. The summed E-state index contributed by atoms with van der Waals surface area (Å²) in [6.07, 6.45) is 0.807. The zero-order valence-electron chi connectivity index (χ0n) is 10.3. The van der Waals surface area contributed by atoms with Crippen molar-refractivity contribution < 1.29 is 9.21 Å². The third-order valence-electron chi connectivity index (χ3n) is 3.06. The normalized spacial score (nSPS) is 10.8. The van der Waals surface area contributed by atoms with Gasteiger partial charge in [0.1, 0.15) is 11.3 Å². The lowest BCUT2D eigenvalue weighted by molar-refractivity contribution is 0.112. The topological polar surface area (TPSA) is 30.2 Å². The molecule has 0 aliphatic carbocycles. The number of hydrogen-bond acceptors (Lipinski definition) is 2. The van der Waals surface area contributed by atoms with Crippen molar-refractivity contribution in [1.82, 2.24) is 0 Å². The Hall–Kier alpha value is -2.06. The number of carbonyl (C=O) groups excluding carboxylic acids is 1. The molecule has 2 nitrogen and oxygen atoms in total. The highest BCUT2D eigenvalue weighted by atomic mass is 35.5. The van der Waals surface area contributed by atoms with Crippen LogP contribution in [0.3, 0.4) is 0 Å².